The Hall–Kier alpha value is -3.89. The molecule has 35 heavy (non-hydrogen) atoms. The number of amides is 3. The van der Waals surface area contributed by atoms with Gasteiger partial charge in [-0.05, 0) is 24.3 Å². The van der Waals surface area contributed by atoms with E-state index in [9.17, 15) is 14.7 Å². The first-order valence-corrected chi connectivity index (χ1v) is 11.3. The number of nitrogens with one attached hydrogen (secondary N) is 4. The van der Waals surface area contributed by atoms with Crippen LogP contribution in [0.25, 0.3) is 17.0 Å². The Morgan fingerprint density at radius 1 is 1.06 bits per heavy atom. The lowest BCUT2D eigenvalue weighted by molar-refractivity contribution is -0.114. The topological polar surface area (TPSA) is 136 Å². The summed E-state index contributed by atoms with van der Waals surface area (Å²) in [5.41, 5.74) is 3.77. The molecule has 11 heteroatoms. The van der Waals surface area contributed by atoms with Gasteiger partial charge in [-0.1, -0.05) is 50.6 Å². The van der Waals surface area contributed by atoms with Gasteiger partial charge in [0.2, 0.25) is 5.91 Å². The number of aromatic nitrogens is 4. The number of hydrogen-bond donors (Lipinski definition) is 5. The number of hydrogen-bond acceptors (Lipinski definition) is 5. The quantitative estimate of drug-likeness (QED) is 0.271. The van der Waals surface area contributed by atoms with Crippen molar-refractivity contribution >= 4 is 46.2 Å². The summed E-state index contributed by atoms with van der Waals surface area (Å²) in [7, 11) is 0. The summed E-state index contributed by atoms with van der Waals surface area (Å²) >= 11 is 6.52. The van der Waals surface area contributed by atoms with Crippen LogP contribution in [0.5, 0.6) is 0 Å². The molecule has 0 radical (unpaired) electrons. The van der Waals surface area contributed by atoms with Gasteiger partial charge in [-0.25, -0.2) is 4.79 Å². The van der Waals surface area contributed by atoms with Gasteiger partial charge in [0.1, 0.15) is 5.02 Å². The van der Waals surface area contributed by atoms with Crippen LogP contribution in [0.15, 0.2) is 42.5 Å². The molecule has 182 valence electrons. The summed E-state index contributed by atoms with van der Waals surface area (Å²) in [5.74, 6) is 0.305. The van der Waals surface area contributed by atoms with Crippen molar-refractivity contribution < 1.29 is 14.7 Å². The zero-order valence-corrected chi connectivity index (χ0v) is 20.5. The molecule has 0 fully saturated rings. The molecular weight excluding hydrogens is 470 g/mol. The number of anilines is 3. The fourth-order valence-electron chi connectivity index (χ4n) is 3.55. The first kappa shape index (κ1) is 24.2. The smallest absolute Gasteiger partial charge is 0.323 e. The number of aliphatic hydroxyl groups is 1. The molecule has 2 heterocycles. The molecule has 0 spiro atoms. The summed E-state index contributed by atoms with van der Waals surface area (Å²) in [4.78, 5) is 27.2. The van der Waals surface area contributed by atoms with Crippen LogP contribution in [0.1, 0.15) is 39.0 Å². The van der Waals surface area contributed by atoms with Crippen molar-refractivity contribution in [1.82, 2.24) is 19.8 Å². The van der Waals surface area contributed by atoms with E-state index in [-0.39, 0.29) is 17.9 Å². The van der Waals surface area contributed by atoms with E-state index in [2.05, 4.69) is 31.1 Å². The van der Waals surface area contributed by atoms with E-state index in [0.29, 0.717) is 39.1 Å². The Bertz CT molecular complexity index is 1420. The van der Waals surface area contributed by atoms with Crippen molar-refractivity contribution in [2.45, 2.75) is 39.7 Å². The average Bonchev–Trinajstić information content (AvgIpc) is 3.33. The first-order chi connectivity index (χ1) is 16.5. The molecule has 0 unspecified atom stereocenters. The fraction of sp³-hybridized carbons (Fsp3) is 0.250. The van der Waals surface area contributed by atoms with Crippen LogP contribution in [-0.4, -0.2) is 36.9 Å². The van der Waals surface area contributed by atoms with Gasteiger partial charge in [-0.2, -0.15) is 5.10 Å². The van der Waals surface area contributed by atoms with Gasteiger partial charge in [0.15, 0.2) is 11.5 Å². The third-order valence-corrected chi connectivity index (χ3v) is 5.55. The van der Waals surface area contributed by atoms with Gasteiger partial charge in [0.25, 0.3) is 0 Å². The Morgan fingerprint density at radius 2 is 1.80 bits per heavy atom. The number of aliphatic hydroxyl groups excluding tert-OH is 1. The molecule has 4 aromatic rings. The number of benzene rings is 2. The molecule has 5 N–H and O–H groups in total. The van der Waals surface area contributed by atoms with Gasteiger partial charge in [-0.3, -0.25) is 4.79 Å². The number of aromatic amines is 1. The van der Waals surface area contributed by atoms with Crippen molar-refractivity contribution in [2.75, 3.05) is 16.0 Å². The first-order valence-electron chi connectivity index (χ1n) is 10.9. The largest absolute Gasteiger partial charge is 0.392 e. The lowest BCUT2D eigenvalue weighted by atomic mass is 9.92. The predicted octanol–water partition coefficient (Wildman–Crippen LogP) is 4.77. The maximum absolute atomic E-state index is 12.7. The van der Waals surface area contributed by atoms with Crippen LogP contribution < -0.4 is 16.0 Å². The number of carbonyl (C=O) groups is 2. The third kappa shape index (κ3) is 5.28. The van der Waals surface area contributed by atoms with Crippen molar-refractivity contribution in [1.29, 1.82) is 0 Å². The molecule has 0 aliphatic heterocycles. The number of rotatable bonds is 5. The molecule has 0 bridgehead atoms. The van der Waals surface area contributed by atoms with Crippen molar-refractivity contribution in [3.63, 3.8) is 0 Å². The highest BCUT2D eigenvalue weighted by atomic mass is 35.5. The predicted molar refractivity (Wildman–Crippen MR) is 136 cm³/mol. The van der Waals surface area contributed by atoms with Crippen LogP contribution in [0.3, 0.4) is 0 Å². The Kier molecular flexibility index (Phi) is 6.51. The minimum Gasteiger partial charge on any atom is -0.392 e. The molecular formula is C24H26ClN7O3. The zero-order chi connectivity index (χ0) is 25.3. The molecule has 10 nitrogen and oxygen atoms in total. The van der Waals surface area contributed by atoms with Crippen LogP contribution in [-0.2, 0) is 16.8 Å². The van der Waals surface area contributed by atoms with E-state index in [4.69, 9.17) is 11.6 Å². The monoisotopic (exact) mass is 495 g/mol. The molecule has 0 atom stereocenters. The number of fused-ring (bicyclic) bond motifs is 1. The maximum Gasteiger partial charge on any atom is 0.323 e. The van der Waals surface area contributed by atoms with Crippen molar-refractivity contribution in [3.05, 3.63) is 58.7 Å². The van der Waals surface area contributed by atoms with E-state index in [1.165, 1.54) is 11.6 Å². The third-order valence-electron chi connectivity index (χ3n) is 5.20. The van der Waals surface area contributed by atoms with Crippen LogP contribution in [0.2, 0.25) is 5.02 Å². The fourth-order valence-corrected chi connectivity index (χ4v) is 3.99. The van der Waals surface area contributed by atoms with E-state index >= 15 is 0 Å². The normalized spacial score (nSPS) is 11.5. The Labute approximate surface area is 206 Å². The van der Waals surface area contributed by atoms with Gasteiger partial charge < -0.3 is 26.0 Å². The average molecular weight is 496 g/mol. The number of H-pyrrole nitrogens is 1. The molecule has 0 aliphatic rings. The van der Waals surface area contributed by atoms with E-state index in [0.717, 1.165) is 11.3 Å². The molecule has 2 aromatic heterocycles. The highest BCUT2D eigenvalue weighted by molar-refractivity contribution is 6.34. The van der Waals surface area contributed by atoms with Crippen LogP contribution in [0, 0.1) is 0 Å². The lowest BCUT2D eigenvalue weighted by Crippen LogP contribution is -2.20. The standard InChI is InChI=1S/C24H26ClN7O3/c1-13(34)26-17-9-8-15(12-33)18(11-17)28-23(35)27-16-7-5-6-14(10-16)21-29-22-19(25)20(24(2,3)4)30-32(22)31-21/h5-11,33H,12H2,1-4H3,(H,26,34)(H,29,31)(H2,27,28,35). The number of nitrogens with zero attached hydrogens (tertiary/aromatic N) is 3. The Balaban J connectivity index is 1.53. The molecule has 2 aromatic carbocycles. The highest BCUT2D eigenvalue weighted by Gasteiger charge is 2.25. The lowest BCUT2D eigenvalue weighted by Gasteiger charge is -2.14. The van der Waals surface area contributed by atoms with Crippen LogP contribution in [0.4, 0.5) is 21.9 Å². The molecule has 0 aliphatic carbocycles. The number of carbonyl (C=O) groups excluding carboxylic acids is 2. The highest BCUT2D eigenvalue weighted by Crippen LogP contribution is 2.32. The minimum atomic E-state index is -0.510. The molecule has 4 rings (SSSR count). The molecule has 0 saturated heterocycles. The summed E-state index contributed by atoms with van der Waals surface area (Å²) < 4.78 is 1.48. The van der Waals surface area contributed by atoms with Crippen molar-refractivity contribution in [3.8, 4) is 11.4 Å². The maximum atomic E-state index is 12.7. The van der Waals surface area contributed by atoms with Crippen molar-refractivity contribution in [2.24, 2.45) is 0 Å². The second-order valence-electron chi connectivity index (χ2n) is 9.10. The summed E-state index contributed by atoms with van der Waals surface area (Å²) in [6.07, 6.45) is 0. The Morgan fingerprint density at radius 3 is 2.46 bits per heavy atom. The summed E-state index contributed by atoms with van der Waals surface area (Å²) in [6, 6.07) is 11.5. The zero-order valence-electron chi connectivity index (χ0n) is 19.7. The minimum absolute atomic E-state index is 0.222. The number of halogens is 1. The van der Waals surface area contributed by atoms with Crippen LogP contribution >= 0.6 is 11.6 Å². The summed E-state index contributed by atoms with van der Waals surface area (Å²) in [6.45, 7) is 7.20. The molecule has 3 amide bonds. The summed E-state index contributed by atoms with van der Waals surface area (Å²) in [5, 5.41) is 27.2. The SMILES string of the molecule is CC(=O)Nc1ccc(CO)c(NC(=O)Nc2cccc(-c3nn4nc(C(C)(C)C)c(Cl)c4[nH]3)c2)c1. The van der Waals surface area contributed by atoms with Gasteiger partial charge >= 0.3 is 6.03 Å². The second-order valence-corrected chi connectivity index (χ2v) is 9.47. The van der Waals surface area contributed by atoms with E-state index in [1.54, 1.807) is 36.4 Å². The van der Waals surface area contributed by atoms with Gasteiger partial charge in [0, 0.05) is 40.5 Å². The van der Waals surface area contributed by atoms with Gasteiger partial charge in [-0.15, -0.1) is 9.73 Å². The van der Waals surface area contributed by atoms with Gasteiger partial charge in [0.05, 0.1) is 12.3 Å². The second kappa shape index (κ2) is 9.40. The van der Waals surface area contributed by atoms with E-state index < -0.39 is 6.03 Å². The molecule has 0 saturated carbocycles. The van der Waals surface area contributed by atoms with E-state index in [1.807, 2.05) is 26.8 Å². The number of urea groups is 1.